The minimum atomic E-state index is 0.344. The molecule has 2 aliphatic rings. The molecule has 0 radical (unpaired) electrons. The van der Waals surface area contributed by atoms with Gasteiger partial charge in [-0.15, -0.1) is 11.3 Å². The number of ether oxygens (including phenoxy) is 1. The highest BCUT2D eigenvalue weighted by molar-refractivity contribution is 7.09. The minimum Gasteiger partial charge on any atom is -0.488 e. The van der Waals surface area contributed by atoms with Crippen LogP contribution in [0.1, 0.15) is 23.5 Å². The highest BCUT2D eigenvalue weighted by Gasteiger charge is 2.43. The van der Waals surface area contributed by atoms with Gasteiger partial charge in [0, 0.05) is 37.1 Å². The molecule has 3 heterocycles. The van der Waals surface area contributed by atoms with Crippen LogP contribution in [0.3, 0.4) is 0 Å². The van der Waals surface area contributed by atoms with Gasteiger partial charge in [-0.2, -0.15) is 0 Å². The van der Waals surface area contributed by atoms with E-state index in [4.69, 9.17) is 4.74 Å². The fourth-order valence-corrected chi connectivity index (χ4v) is 4.49. The summed E-state index contributed by atoms with van der Waals surface area (Å²) < 4.78 is 6.19. The number of thiazole rings is 1. The molecular weight excluding hydrogens is 294 g/mol. The second-order valence-corrected chi connectivity index (χ2v) is 7.46. The summed E-state index contributed by atoms with van der Waals surface area (Å²) in [5.74, 6) is 2.34. The maximum Gasteiger partial charge on any atom is 0.138 e. The van der Waals surface area contributed by atoms with Gasteiger partial charge in [-0.3, -0.25) is 9.88 Å². The number of pyridine rings is 1. The van der Waals surface area contributed by atoms with E-state index >= 15 is 0 Å². The van der Waals surface area contributed by atoms with Crippen molar-refractivity contribution in [3.8, 4) is 5.75 Å². The predicted molar refractivity (Wildman–Crippen MR) is 87.0 cm³/mol. The van der Waals surface area contributed by atoms with Crippen molar-refractivity contribution in [2.75, 3.05) is 13.1 Å². The lowest BCUT2D eigenvalue weighted by Crippen LogP contribution is -2.28. The van der Waals surface area contributed by atoms with Crippen LogP contribution >= 0.6 is 11.3 Å². The Kier molecular flexibility index (Phi) is 3.84. The standard InChI is InChI=1S/C17H21N3OS/c1-12-19-14(11-22-12)9-20-8-13-4-5-17(16(13)10-20)21-15-3-2-6-18-7-15/h2-3,6-7,11,13,16-17H,4-5,8-10H2,1H3/t13-,16+,17-/m1/s1. The SMILES string of the molecule is Cc1nc(CN2C[C@H]3CC[C@@H](Oc4cccnc4)[C@H]3C2)cs1. The van der Waals surface area contributed by atoms with Gasteiger partial charge < -0.3 is 4.74 Å². The van der Waals surface area contributed by atoms with Crippen LogP contribution < -0.4 is 4.74 Å². The largest absolute Gasteiger partial charge is 0.488 e. The third-order valence-corrected chi connectivity index (χ3v) is 5.66. The molecule has 2 aromatic heterocycles. The summed E-state index contributed by atoms with van der Waals surface area (Å²) in [5.41, 5.74) is 1.22. The van der Waals surface area contributed by atoms with E-state index in [1.54, 1.807) is 17.5 Å². The van der Waals surface area contributed by atoms with Crippen LogP contribution in [-0.4, -0.2) is 34.1 Å². The summed E-state index contributed by atoms with van der Waals surface area (Å²) >= 11 is 1.74. The monoisotopic (exact) mass is 315 g/mol. The summed E-state index contributed by atoms with van der Waals surface area (Å²) in [6.07, 6.45) is 6.40. The molecule has 1 aliphatic carbocycles. The van der Waals surface area contributed by atoms with Gasteiger partial charge in [-0.1, -0.05) is 0 Å². The molecule has 0 spiro atoms. The van der Waals surface area contributed by atoms with E-state index in [-0.39, 0.29) is 0 Å². The Morgan fingerprint density at radius 2 is 2.32 bits per heavy atom. The maximum atomic E-state index is 6.19. The molecular formula is C17H21N3OS. The first kappa shape index (κ1) is 14.2. The smallest absolute Gasteiger partial charge is 0.138 e. The molecule has 0 N–H and O–H groups in total. The van der Waals surface area contributed by atoms with E-state index in [1.165, 1.54) is 25.1 Å². The quantitative estimate of drug-likeness (QED) is 0.869. The maximum absolute atomic E-state index is 6.19. The lowest BCUT2D eigenvalue weighted by atomic mass is 9.99. The molecule has 1 saturated heterocycles. The van der Waals surface area contributed by atoms with Crippen molar-refractivity contribution >= 4 is 11.3 Å². The average Bonchev–Trinajstić information content (AvgIpc) is 3.19. The zero-order valence-electron chi connectivity index (χ0n) is 12.8. The summed E-state index contributed by atoms with van der Waals surface area (Å²) in [4.78, 5) is 11.3. The molecule has 4 nitrogen and oxygen atoms in total. The number of hydrogen-bond donors (Lipinski definition) is 0. The number of nitrogens with zero attached hydrogens (tertiary/aromatic N) is 3. The van der Waals surface area contributed by atoms with Crippen LogP contribution in [0, 0.1) is 18.8 Å². The molecule has 0 aromatic carbocycles. The first-order chi connectivity index (χ1) is 10.8. The molecule has 0 amide bonds. The van der Waals surface area contributed by atoms with E-state index in [1.807, 2.05) is 18.3 Å². The Labute approximate surface area is 135 Å². The van der Waals surface area contributed by atoms with Crippen molar-refractivity contribution in [1.82, 2.24) is 14.9 Å². The molecule has 2 fully saturated rings. The Bertz CT molecular complexity index is 630. The molecule has 1 aliphatic heterocycles. The zero-order chi connectivity index (χ0) is 14.9. The number of rotatable bonds is 4. The van der Waals surface area contributed by atoms with Crippen molar-refractivity contribution in [3.05, 3.63) is 40.6 Å². The van der Waals surface area contributed by atoms with Crippen molar-refractivity contribution in [2.45, 2.75) is 32.4 Å². The van der Waals surface area contributed by atoms with Crippen LogP contribution in [-0.2, 0) is 6.54 Å². The van der Waals surface area contributed by atoms with Gasteiger partial charge in [-0.05, 0) is 37.8 Å². The topological polar surface area (TPSA) is 38.2 Å². The first-order valence-corrected chi connectivity index (χ1v) is 8.86. The Morgan fingerprint density at radius 1 is 1.36 bits per heavy atom. The number of likely N-dealkylation sites (tertiary alicyclic amines) is 1. The molecule has 22 heavy (non-hydrogen) atoms. The second kappa shape index (κ2) is 5.97. The van der Waals surface area contributed by atoms with Crippen molar-refractivity contribution < 1.29 is 4.74 Å². The van der Waals surface area contributed by atoms with E-state index in [0.717, 1.165) is 29.8 Å². The first-order valence-electron chi connectivity index (χ1n) is 7.98. The Hall–Kier alpha value is -1.46. The van der Waals surface area contributed by atoms with E-state index in [0.29, 0.717) is 12.0 Å². The molecule has 2 aromatic rings. The van der Waals surface area contributed by atoms with Crippen LogP contribution in [0.4, 0.5) is 0 Å². The Morgan fingerprint density at radius 3 is 3.09 bits per heavy atom. The molecule has 0 unspecified atom stereocenters. The van der Waals surface area contributed by atoms with E-state index in [2.05, 4.69) is 27.2 Å². The second-order valence-electron chi connectivity index (χ2n) is 6.40. The van der Waals surface area contributed by atoms with Gasteiger partial charge >= 0.3 is 0 Å². The molecule has 4 rings (SSSR count). The molecule has 1 saturated carbocycles. The number of aromatic nitrogens is 2. The Balaban J connectivity index is 1.38. The minimum absolute atomic E-state index is 0.344. The summed E-state index contributed by atoms with van der Waals surface area (Å²) in [6, 6.07) is 3.94. The number of aryl methyl sites for hydroxylation is 1. The van der Waals surface area contributed by atoms with Gasteiger partial charge in [0.25, 0.3) is 0 Å². The average molecular weight is 315 g/mol. The van der Waals surface area contributed by atoms with Crippen LogP contribution in [0.5, 0.6) is 5.75 Å². The third kappa shape index (κ3) is 2.88. The van der Waals surface area contributed by atoms with Crippen molar-refractivity contribution in [2.24, 2.45) is 11.8 Å². The molecule has 3 atom stereocenters. The number of hydrogen-bond acceptors (Lipinski definition) is 5. The molecule has 0 bridgehead atoms. The van der Waals surface area contributed by atoms with Gasteiger partial charge in [0.1, 0.15) is 11.9 Å². The third-order valence-electron chi connectivity index (χ3n) is 4.84. The summed E-state index contributed by atoms with van der Waals surface area (Å²) in [6.45, 7) is 5.38. The fourth-order valence-electron chi connectivity index (χ4n) is 3.88. The van der Waals surface area contributed by atoms with E-state index in [9.17, 15) is 0 Å². The van der Waals surface area contributed by atoms with Crippen LogP contribution in [0.2, 0.25) is 0 Å². The molecule has 5 heteroatoms. The summed E-state index contributed by atoms with van der Waals surface area (Å²) in [5, 5.41) is 3.35. The van der Waals surface area contributed by atoms with Gasteiger partial charge in [-0.25, -0.2) is 4.98 Å². The normalized spacial score (nSPS) is 28.0. The van der Waals surface area contributed by atoms with Crippen molar-refractivity contribution in [3.63, 3.8) is 0 Å². The van der Waals surface area contributed by atoms with Crippen molar-refractivity contribution in [1.29, 1.82) is 0 Å². The van der Waals surface area contributed by atoms with Gasteiger partial charge in [0.15, 0.2) is 0 Å². The predicted octanol–water partition coefficient (Wildman–Crippen LogP) is 3.14. The van der Waals surface area contributed by atoms with E-state index < -0.39 is 0 Å². The fraction of sp³-hybridized carbons (Fsp3) is 0.529. The molecule has 116 valence electrons. The lowest BCUT2D eigenvalue weighted by molar-refractivity contribution is 0.147. The highest BCUT2D eigenvalue weighted by atomic mass is 32.1. The lowest BCUT2D eigenvalue weighted by Gasteiger charge is -2.21. The number of fused-ring (bicyclic) bond motifs is 1. The highest BCUT2D eigenvalue weighted by Crippen LogP contribution is 2.40. The van der Waals surface area contributed by atoms with Gasteiger partial charge in [0.05, 0.1) is 16.9 Å². The summed E-state index contributed by atoms with van der Waals surface area (Å²) in [7, 11) is 0. The van der Waals surface area contributed by atoms with Gasteiger partial charge in [0.2, 0.25) is 0 Å². The van der Waals surface area contributed by atoms with Crippen LogP contribution in [0.25, 0.3) is 0 Å². The van der Waals surface area contributed by atoms with Crippen LogP contribution in [0.15, 0.2) is 29.9 Å². The zero-order valence-corrected chi connectivity index (χ0v) is 13.6.